The molecule has 0 spiro atoms. The molecule has 2 aromatic heterocycles. The summed E-state index contributed by atoms with van der Waals surface area (Å²) >= 11 is 1.69. The summed E-state index contributed by atoms with van der Waals surface area (Å²) in [7, 11) is 1.60. The molecule has 176 valence electrons. The standard InChI is InChI=1S/C24H31N5O3S/c1-5-29(15-21(30)25-18-8-6-7-9-19(18)31-4)23-22-16(2)17(3)33-24(22)27-20(26-23)14-28-10-12-32-13-11-28/h6-9H,5,10-15H2,1-4H3,(H,25,30). The van der Waals surface area contributed by atoms with Gasteiger partial charge in [0, 0.05) is 24.5 Å². The molecule has 9 heteroatoms. The predicted octanol–water partition coefficient (Wildman–Crippen LogP) is 3.61. The molecule has 4 rings (SSSR count). The highest BCUT2D eigenvalue weighted by Crippen LogP contribution is 2.35. The first kappa shape index (κ1) is 23.4. The molecule has 1 fully saturated rings. The van der Waals surface area contributed by atoms with Gasteiger partial charge in [0.2, 0.25) is 5.91 Å². The van der Waals surface area contributed by atoms with Gasteiger partial charge in [0.1, 0.15) is 22.2 Å². The molecule has 1 aromatic carbocycles. The third kappa shape index (κ3) is 5.26. The first-order valence-electron chi connectivity index (χ1n) is 11.2. The van der Waals surface area contributed by atoms with Crippen molar-refractivity contribution < 1.29 is 14.3 Å². The van der Waals surface area contributed by atoms with Crippen LogP contribution in [0.2, 0.25) is 0 Å². The summed E-state index contributed by atoms with van der Waals surface area (Å²) in [4.78, 5) is 29.4. The molecular formula is C24H31N5O3S. The first-order chi connectivity index (χ1) is 16.0. The van der Waals surface area contributed by atoms with Gasteiger partial charge in [0.25, 0.3) is 0 Å². The largest absolute Gasteiger partial charge is 0.495 e. The number of methoxy groups -OCH3 is 1. The van der Waals surface area contributed by atoms with Crippen LogP contribution >= 0.6 is 11.3 Å². The number of hydrogen-bond acceptors (Lipinski definition) is 8. The summed E-state index contributed by atoms with van der Waals surface area (Å²) < 4.78 is 10.8. The van der Waals surface area contributed by atoms with Crippen molar-refractivity contribution in [1.82, 2.24) is 14.9 Å². The van der Waals surface area contributed by atoms with Crippen molar-refractivity contribution in [2.45, 2.75) is 27.3 Å². The molecule has 3 heterocycles. The number of aryl methyl sites for hydroxylation is 2. The number of nitrogens with zero attached hydrogens (tertiary/aromatic N) is 4. The smallest absolute Gasteiger partial charge is 0.244 e. The van der Waals surface area contributed by atoms with Crippen molar-refractivity contribution >= 4 is 39.0 Å². The molecule has 1 aliphatic heterocycles. The lowest BCUT2D eigenvalue weighted by Gasteiger charge is -2.27. The molecule has 1 N–H and O–H groups in total. The quantitative estimate of drug-likeness (QED) is 0.540. The normalized spacial score (nSPS) is 14.4. The van der Waals surface area contributed by atoms with Crippen LogP contribution in [0.5, 0.6) is 5.75 Å². The number of likely N-dealkylation sites (N-methyl/N-ethyl adjacent to an activating group) is 1. The number of carbonyl (C=O) groups excluding carboxylic acids is 1. The van der Waals surface area contributed by atoms with E-state index in [2.05, 4.69) is 24.1 Å². The minimum Gasteiger partial charge on any atom is -0.495 e. The number of anilines is 2. The van der Waals surface area contributed by atoms with E-state index in [-0.39, 0.29) is 12.5 Å². The summed E-state index contributed by atoms with van der Waals surface area (Å²) in [5.74, 6) is 2.12. The van der Waals surface area contributed by atoms with Gasteiger partial charge in [-0.15, -0.1) is 11.3 Å². The van der Waals surface area contributed by atoms with Crippen molar-refractivity contribution in [3.05, 3.63) is 40.5 Å². The van der Waals surface area contributed by atoms with E-state index in [1.165, 1.54) is 10.4 Å². The van der Waals surface area contributed by atoms with Crippen LogP contribution in [0.25, 0.3) is 10.2 Å². The Morgan fingerprint density at radius 1 is 1.24 bits per heavy atom. The van der Waals surface area contributed by atoms with Crippen LogP contribution < -0.4 is 15.0 Å². The van der Waals surface area contributed by atoms with E-state index >= 15 is 0 Å². The Kier molecular flexibility index (Phi) is 7.42. The minimum absolute atomic E-state index is 0.118. The monoisotopic (exact) mass is 469 g/mol. The highest BCUT2D eigenvalue weighted by molar-refractivity contribution is 7.18. The lowest BCUT2D eigenvalue weighted by molar-refractivity contribution is -0.115. The third-order valence-electron chi connectivity index (χ3n) is 5.92. The minimum atomic E-state index is -0.118. The van der Waals surface area contributed by atoms with Crippen LogP contribution in [0.4, 0.5) is 11.5 Å². The van der Waals surface area contributed by atoms with Crippen molar-refractivity contribution in [2.24, 2.45) is 0 Å². The van der Waals surface area contributed by atoms with Gasteiger partial charge in [-0.3, -0.25) is 9.69 Å². The topological polar surface area (TPSA) is 79.8 Å². The number of rotatable bonds is 8. The predicted molar refractivity (Wildman–Crippen MR) is 132 cm³/mol. The zero-order valence-corrected chi connectivity index (χ0v) is 20.5. The average molecular weight is 470 g/mol. The summed E-state index contributed by atoms with van der Waals surface area (Å²) in [6.45, 7) is 11.0. The Hall–Kier alpha value is -2.75. The number of nitrogens with one attached hydrogen (secondary N) is 1. The number of para-hydroxylation sites is 2. The molecule has 0 saturated carbocycles. The molecule has 0 radical (unpaired) electrons. The van der Waals surface area contributed by atoms with Crippen LogP contribution in [-0.2, 0) is 16.1 Å². The molecule has 0 bridgehead atoms. The van der Waals surface area contributed by atoms with Crippen LogP contribution in [0.15, 0.2) is 24.3 Å². The second kappa shape index (κ2) is 10.5. The lowest BCUT2D eigenvalue weighted by Crippen LogP contribution is -2.37. The summed E-state index contributed by atoms with van der Waals surface area (Å²) in [6, 6.07) is 7.42. The van der Waals surface area contributed by atoms with E-state index in [1.807, 2.05) is 36.1 Å². The van der Waals surface area contributed by atoms with Gasteiger partial charge in [-0.25, -0.2) is 9.97 Å². The molecule has 33 heavy (non-hydrogen) atoms. The SMILES string of the molecule is CCN(CC(=O)Nc1ccccc1OC)c1nc(CN2CCOCC2)nc2sc(C)c(C)c12. The van der Waals surface area contributed by atoms with E-state index in [0.717, 1.165) is 48.2 Å². The summed E-state index contributed by atoms with van der Waals surface area (Å²) in [5.41, 5.74) is 1.83. The summed E-state index contributed by atoms with van der Waals surface area (Å²) in [5, 5.41) is 4.01. The number of benzene rings is 1. The second-order valence-corrected chi connectivity index (χ2v) is 9.28. The van der Waals surface area contributed by atoms with Gasteiger partial charge in [0.15, 0.2) is 0 Å². The van der Waals surface area contributed by atoms with Gasteiger partial charge < -0.3 is 19.7 Å². The van der Waals surface area contributed by atoms with Gasteiger partial charge in [-0.1, -0.05) is 12.1 Å². The van der Waals surface area contributed by atoms with Gasteiger partial charge in [0.05, 0.1) is 44.5 Å². The number of fused-ring (bicyclic) bond motifs is 1. The second-order valence-electron chi connectivity index (χ2n) is 8.08. The van der Waals surface area contributed by atoms with Crippen LogP contribution in [-0.4, -0.2) is 67.3 Å². The van der Waals surface area contributed by atoms with Gasteiger partial charge >= 0.3 is 0 Å². The number of thiophene rings is 1. The van der Waals surface area contributed by atoms with E-state index in [1.54, 1.807) is 18.4 Å². The lowest BCUT2D eigenvalue weighted by atomic mass is 10.2. The maximum atomic E-state index is 13.0. The number of ether oxygens (including phenoxy) is 2. The number of hydrogen-bond donors (Lipinski definition) is 1. The molecule has 0 unspecified atom stereocenters. The van der Waals surface area contributed by atoms with E-state index in [4.69, 9.17) is 19.4 Å². The van der Waals surface area contributed by atoms with Gasteiger partial charge in [-0.05, 0) is 38.5 Å². The highest BCUT2D eigenvalue weighted by atomic mass is 32.1. The fraction of sp³-hybridized carbons (Fsp3) is 0.458. The molecule has 8 nitrogen and oxygen atoms in total. The number of amides is 1. The third-order valence-corrected chi connectivity index (χ3v) is 7.02. The molecule has 0 atom stereocenters. The fourth-order valence-corrected chi connectivity index (χ4v) is 5.02. The molecule has 3 aromatic rings. The maximum Gasteiger partial charge on any atom is 0.244 e. The van der Waals surface area contributed by atoms with Crippen molar-refractivity contribution in [3.63, 3.8) is 0 Å². The van der Waals surface area contributed by atoms with Crippen LogP contribution in [0.1, 0.15) is 23.2 Å². The van der Waals surface area contributed by atoms with E-state index < -0.39 is 0 Å². The first-order valence-corrected chi connectivity index (χ1v) is 12.1. The van der Waals surface area contributed by atoms with Crippen molar-refractivity contribution in [1.29, 1.82) is 0 Å². The number of aromatic nitrogens is 2. The molecule has 1 saturated heterocycles. The zero-order valence-electron chi connectivity index (χ0n) is 19.7. The Morgan fingerprint density at radius 3 is 2.73 bits per heavy atom. The van der Waals surface area contributed by atoms with Gasteiger partial charge in [-0.2, -0.15) is 0 Å². The molecule has 0 aliphatic carbocycles. The molecular weight excluding hydrogens is 438 g/mol. The van der Waals surface area contributed by atoms with Crippen LogP contribution in [0, 0.1) is 13.8 Å². The average Bonchev–Trinajstić information content (AvgIpc) is 3.11. The molecule has 1 aliphatic rings. The zero-order chi connectivity index (χ0) is 23.4. The Bertz CT molecular complexity index is 1130. The Balaban J connectivity index is 1.62. The van der Waals surface area contributed by atoms with E-state index in [9.17, 15) is 4.79 Å². The maximum absolute atomic E-state index is 13.0. The van der Waals surface area contributed by atoms with E-state index in [0.29, 0.717) is 24.5 Å². The summed E-state index contributed by atoms with van der Waals surface area (Å²) in [6.07, 6.45) is 0. The number of carbonyl (C=O) groups is 1. The Morgan fingerprint density at radius 2 is 2.00 bits per heavy atom. The van der Waals surface area contributed by atoms with Crippen molar-refractivity contribution in [3.8, 4) is 5.75 Å². The highest BCUT2D eigenvalue weighted by Gasteiger charge is 2.22. The Labute approximate surface area is 198 Å². The van der Waals surface area contributed by atoms with Crippen molar-refractivity contribution in [2.75, 3.05) is 56.7 Å². The fourth-order valence-electron chi connectivity index (χ4n) is 3.98. The molecule has 1 amide bonds. The van der Waals surface area contributed by atoms with Crippen LogP contribution in [0.3, 0.4) is 0 Å². The number of morpholine rings is 1.